The number of hydrogen-bond donors (Lipinski definition) is 1. The van der Waals surface area contributed by atoms with Crippen molar-refractivity contribution in [2.75, 3.05) is 0 Å². The van der Waals surface area contributed by atoms with Crippen molar-refractivity contribution in [2.45, 2.75) is 13.5 Å². The molecule has 1 aromatic heterocycles. The zero-order valence-electron chi connectivity index (χ0n) is 15.8. The van der Waals surface area contributed by atoms with Crippen LogP contribution < -0.4 is 10.1 Å². The average molecular weight is 385 g/mol. The van der Waals surface area contributed by atoms with Crippen molar-refractivity contribution in [3.8, 4) is 22.9 Å². The molecule has 6 nitrogen and oxygen atoms in total. The second-order valence-electron chi connectivity index (χ2n) is 6.50. The molecule has 0 saturated heterocycles. The van der Waals surface area contributed by atoms with Crippen molar-refractivity contribution >= 4 is 5.91 Å². The maximum Gasteiger partial charge on any atom is 0.251 e. The Morgan fingerprint density at radius 2 is 1.59 bits per heavy atom. The third-order valence-corrected chi connectivity index (χ3v) is 4.27. The van der Waals surface area contributed by atoms with Crippen molar-refractivity contribution in [3.05, 3.63) is 95.9 Å². The van der Waals surface area contributed by atoms with E-state index in [1.807, 2.05) is 73.7 Å². The molecule has 1 heterocycles. The van der Waals surface area contributed by atoms with Gasteiger partial charge in [0.25, 0.3) is 5.91 Å². The summed E-state index contributed by atoms with van der Waals surface area (Å²) in [5.41, 5.74) is 2.56. The summed E-state index contributed by atoms with van der Waals surface area (Å²) in [4.78, 5) is 16.4. The second-order valence-corrected chi connectivity index (χ2v) is 6.50. The van der Waals surface area contributed by atoms with E-state index in [9.17, 15) is 4.79 Å². The third kappa shape index (κ3) is 4.68. The van der Waals surface area contributed by atoms with Crippen LogP contribution in [0.3, 0.4) is 0 Å². The first-order valence-electron chi connectivity index (χ1n) is 9.18. The van der Waals surface area contributed by atoms with Gasteiger partial charge in [0.2, 0.25) is 11.7 Å². The van der Waals surface area contributed by atoms with E-state index in [0.717, 1.165) is 17.1 Å². The number of nitrogens with one attached hydrogen (secondary N) is 1. The maximum atomic E-state index is 12.1. The molecule has 0 saturated carbocycles. The molecule has 6 heteroatoms. The van der Waals surface area contributed by atoms with Gasteiger partial charge in [-0.25, -0.2) is 0 Å². The van der Waals surface area contributed by atoms with Crippen LogP contribution in [0.25, 0.3) is 11.4 Å². The molecule has 4 rings (SSSR count). The second kappa shape index (κ2) is 8.39. The number of benzene rings is 3. The van der Waals surface area contributed by atoms with Gasteiger partial charge < -0.3 is 14.6 Å². The maximum absolute atomic E-state index is 12.1. The van der Waals surface area contributed by atoms with Crippen LogP contribution in [-0.2, 0) is 6.54 Å². The summed E-state index contributed by atoms with van der Waals surface area (Å²) in [5.74, 6) is 2.10. The number of rotatable bonds is 6. The zero-order chi connectivity index (χ0) is 20.1. The van der Waals surface area contributed by atoms with Crippen molar-refractivity contribution in [1.82, 2.24) is 15.5 Å². The highest BCUT2D eigenvalue weighted by molar-refractivity contribution is 5.93. The largest absolute Gasteiger partial charge is 0.457 e. The fourth-order valence-corrected chi connectivity index (χ4v) is 2.71. The third-order valence-electron chi connectivity index (χ3n) is 4.27. The summed E-state index contributed by atoms with van der Waals surface area (Å²) >= 11 is 0. The predicted octanol–water partition coefficient (Wildman–Crippen LogP) is 4.77. The first kappa shape index (κ1) is 18.4. The molecule has 0 bridgehead atoms. The molecule has 0 radical (unpaired) electrons. The van der Waals surface area contributed by atoms with E-state index < -0.39 is 0 Å². The summed E-state index contributed by atoms with van der Waals surface area (Å²) < 4.78 is 11.1. The van der Waals surface area contributed by atoms with E-state index in [-0.39, 0.29) is 12.5 Å². The summed E-state index contributed by atoms with van der Waals surface area (Å²) in [6.07, 6.45) is 0. The highest BCUT2D eigenvalue weighted by atomic mass is 16.5. The van der Waals surface area contributed by atoms with E-state index in [1.54, 1.807) is 12.1 Å². The van der Waals surface area contributed by atoms with Crippen LogP contribution in [0.1, 0.15) is 21.8 Å². The number of nitrogens with zero attached hydrogens (tertiary/aromatic N) is 2. The molecule has 144 valence electrons. The van der Waals surface area contributed by atoms with E-state index in [4.69, 9.17) is 9.26 Å². The monoisotopic (exact) mass is 385 g/mol. The van der Waals surface area contributed by atoms with Crippen LogP contribution in [0.2, 0.25) is 0 Å². The minimum Gasteiger partial charge on any atom is -0.457 e. The van der Waals surface area contributed by atoms with Gasteiger partial charge in [-0.15, -0.1) is 0 Å². The summed E-state index contributed by atoms with van der Waals surface area (Å²) in [6, 6.07) is 24.3. The SMILES string of the molecule is Cc1ccc(Oc2ccc(-c3noc(CNC(=O)c4ccccc4)n3)cc2)cc1. The van der Waals surface area contributed by atoms with Gasteiger partial charge in [-0.1, -0.05) is 41.1 Å². The number of ether oxygens (including phenoxy) is 1. The average Bonchev–Trinajstić information content (AvgIpc) is 3.24. The first-order valence-corrected chi connectivity index (χ1v) is 9.18. The lowest BCUT2D eigenvalue weighted by molar-refractivity contribution is 0.0946. The van der Waals surface area contributed by atoms with Gasteiger partial charge in [-0.2, -0.15) is 4.98 Å². The Morgan fingerprint density at radius 1 is 0.931 bits per heavy atom. The molecule has 3 aromatic carbocycles. The molecule has 0 unspecified atom stereocenters. The Hall–Kier alpha value is -3.93. The fourth-order valence-electron chi connectivity index (χ4n) is 2.71. The number of aryl methyl sites for hydroxylation is 1. The van der Waals surface area contributed by atoms with Gasteiger partial charge in [0.05, 0.1) is 6.54 Å². The molecule has 1 N–H and O–H groups in total. The van der Waals surface area contributed by atoms with E-state index >= 15 is 0 Å². The Morgan fingerprint density at radius 3 is 2.28 bits per heavy atom. The van der Waals surface area contributed by atoms with Gasteiger partial charge in [-0.05, 0) is 55.5 Å². The van der Waals surface area contributed by atoms with Crippen LogP contribution in [0.4, 0.5) is 0 Å². The highest BCUT2D eigenvalue weighted by Gasteiger charge is 2.11. The van der Waals surface area contributed by atoms with Crippen molar-refractivity contribution < 1.29 is 14.1 Å². The summed E-state index contributed by atoms with van der Waals surface area (Å²) in [6.45, 7) is 2.19. The van der Waals surface area contributed by atoms with E-state index in [1.165, 1.54) is 5.56 Å². The van der Waals surface area contributed by atoms with Gasteiger partial charge in [0, 0.05) is 11.1 Å². The minimum atomic E-state index is -0.192. The number of hydrogen-bond acceptors (Lipinski definition) is 5. The molecule has 4 aromatic rings. The van der Waals surface area contributed by atoms with Crippen LogP contribution in [0.15, 0.2) is 83.4 Å². The lowest BCUT2D eigenvalue weighted by atomic mass is 10.2. The molecule has 0 aliphatic rings. The summed E-state index contributed by atoms with van der Waals surface area (Å²) in [7, 11) is 0. The molecular weight excluding hydrogens is 366 g/mol. The Labute approximate surface area is 168 Å². The Kier molecular flexibility index (Phi) is 5.33. The molecule has 29 heavy (non-hydrogen) atoms. The van der Waals surface area contributed by atoms with Crippen molar-refractivity contribution in [1.29, 1.82) is 0 Å². The number of carbonyl (C=O) groups excluding carboxylic acids is 1. The summed E-state index contributed by atoms with van der Waals surface area (Å²) in [5, 5.41) is 6.75. The van der Waals surface area contributed by atoms with Gasteiger partial charge in [0.1, 0.15) is 11.5 Å². The van der Waals surface area contributed by atoms with Gasteiger partial charge in [0.15, 0.2) is 0 Å². The van der Waals surface area contributed by atoms with E-state index in [2.05, 4.69) is 15.5 Å². The Balaban J connectivity index is 1.37. The number of aromatic nitrogens is 2. The van der Waals surface area contributed by atoms with Crippen LogP contribution >= 0.6 is 0 Å². The van der Waals surface area contributed by atoms with Crippen LogP contribution in [-0.4, -0.2) is 16.0 Å². The van der Waals surface area contributed by atoms with Crippen LogP contribution in [0.5, 0.6) is 11.5 Å². The number of carbonyl (C=O) groups is 1. The fraction of sp³-hybridized carbons (Fsp3) is 0.0870. The normalized spacial score (nSPS) is 10.5. The minimum absolute atomic E-state index is 0.162. The Bertz CT molecular complexity index is 1090. The van der Waals surface area contributed by atoms with Gasteiger partial charge >= 0.3 is 0 Å². The molecular formula is C23H19N3O3. The van der Waals surface area contributed by atoms with Crippen LogP contribution in [0, 0.1) is 6.92 Å². The quantitative estimate of drug-likeness (QED) is 0.517. The lowest BCUT2D eigenvalue weighted by Gasteiger charge is -2.06. The smallest absolute Gasteiger partial charge is 0.251 e. The van der Waals surface area contributed by atoms with Crippen molar-refractivity contribution in [2.24, 2.45) is 0 Å². The van der Waals surface area contributed by atoms with E-state index in [0.29, 0.717) is 17.3 Å². The van der Waals surface area contributed by atoms with Crippen molar-refractivity contribution in [3.63, 3.8) is 0 Å². The topological polar surface area (TPSA) is 77.3 Å². The molecule has 0 atom stereocenters. The predicted molar refractivity (Wildman–Crippen MR) is 109 cm³/mol. The molecule has 0 fully saturated rings. The molecule has 0 aliphatic carbocycles. The first-order chi connectivity index (χ1) is 14.2. The standard InChI is InChI=1S/C23H19N3O3/c1-16-7-11-19(12-8-16)28-20-13-9-17(10-14-20)22-25-21(29-26-22)15-24-23(27)18-5-3-2-4-6-18/h2-14H,15H2,1H3,(H,24,27). The number of amides is 1. The van der Waals surface area contributed by atoms with Gasteiger partial charge in [-0.3, -0.25) is 4.79 Å². The zero-order valence-corrected chi connectivity index (χ0v) is 15.8. The molecule has 1 amide bonds. The highest BCUT2D eigenvalue weighted by Crippen LogP contribution is 2.24. The lowest BCUT2D eigenvalue weighted by Crippen LogP contribution is -2.22. The molecule has 0 spiro atoms. The molecule has 0 aliphatic heterocycles.